The van der Waals surface area contributed by atoms with Crippen LogP contribution in [0.25, 0.3) is 11.1 Å². The zero-order chi connectivity index (χ0) is 36.7. The molecule has 3 unspecified atom stereocenters. The van der Waals surface area contributed by atoms with Gasteiger partial charge in [-0.3, -0.25) is 0 Å². The fourth-order valence-electron chi connectivity index (χ4n) is 5.92. The van der Waals surface area contributed by atoms with Gasteiger partial charge in [0.2, 0.25) is 0 Å². The minimum atomic E-state index is -0.357. The van der Waals surface area contributed by atoms with Gasteiger partial charge in [0.1, 0.15) is 31.3 Å². The van der Waals surface area contributed by atoms with Crippen molar-refractivity contribution in [2.24, 2.45) is 5.92 Å². The fraction of sp³-hybridized carbons (Fsp3) is 0.476. The molecular formula is C42H50O11. The first-order chi connectivity index (χ1) is 26.0. The van der Waals surface area contributed by atoms with Gasteiger partial charge in [-0.15, -0.1) is 0 Å². The van der Waals surface area contributed by atoms with Crippen LogP contribution < -0.4 is 9.47 Å². The fourth-order valence-corrected chi connectivity index (χ4v) is 5.92. The van der Waals surface area contributed by atoms with Crippen LogP contribution in [0.15, 0.2) is 85.5 Å². The first-order valence-corrected chi connectivity index (χ1v) is 18.6. The standard InChI is InChI=1S/C21H22O6.C21H28O5/c22-21(19-13-25-19)27-12-15-2-4-16(5-3-15)17-6-8-18(9-7-17)23-10-1-11-24-20-14-26-20;1-2-20(22)25-14-16-4-6-17(7-5-16)18-8-10-19(11-9-18)23-12-3-13-24-21-15-26-21/h2-9,19-20H,1,10-14H2;2,8-11,16-17,21H,1,3-7,12-15H2. The van der Waals surface area contributed by atoms with Crippen molar-refractivity contribution in [1.29, 1.82) is 0 Å². The monoisotopic (exact) mass is 730 g/mol. The van der Waals surface area contributed by atoms with Crippen molar-refractivity contribution < 1.29 is 52.2 Å². The molecule has 7 rings (SSSR count). The summed E-state index contributed by atoms with van der Waals surface area (Å²) in [5.41, 5.74) is 4.52. The summed E-state index contributed by atoms with van der Waals surface area (Å²) in [7, 11) is 0. The van der Waals surface area contributed by atoms with Crippen molar-refractivity contribution in [2.45, 2.75) is 69.7 Å². The number of hydrogen-bond acceptors (Lipinski definition) is 11. The number of benzene rings is 3. The molecule has 0 spiro atoms. The minimum absolute atomic E-state index is 0.00920. The van der Waals surface area contributed by atoms with E-state index in [0.717, 1.165) is 73.3 Å². The van der Waals surface area contributed by atoms with E-state index in [-0.39, 0.29) is 37.2 Å². The Balaban J connectivity index is 0.000000182. The average molecular weight is 731 g/mol. The lowest BCUT2D eigenvalue weighted by Gasteiger charge is -2.28. The molecule has 0 amide bonds. The molecule has 284 valence electrons. The minimum Gasteiger partial charge on any atom is -0.494 e. The van der Waals surface area contributed by atoms with E-state index >= 15 is 0 Å². The third-order valence-electron chi connectivity index (χ3n) is 9.27. The largest absolute Gasteiger partial charge is 0.494 e. The molecule has 11 heteroatoms. The van der Waals surface area contributed by atoms with Crippen molar-refractivity contribution in [3.63, 3.8) is 0 Å². The predicted octanol–water partition coefficient (Wildman–Crippen LogP) is 6.77. The molecule has 0 N–H and O–H groups in total. The van der Waals surface area contributed by atoms with Gasteiger partial charge in [0.15, 0.2) is 18.7 Å². The first-order valence-electron chi connectivity index (χ1n) is 18.6. The van der Waals surface area contributed by atoms with E-state index in [1.807, 2.05) is 48.5 Å². The highest BCUT2D eigenvalue weighted by Gasteiger charge is 2.33. The normalized spacial score (nSPS) is 22.4. The lowest BCUT2D eigenvalue weighted by molar-refractivity contribution is -0.146. The third kappa shape index (κ3) is 13.9. The molecule has 53 heavy (non-hydrogen) atoms. The number of ether oxygens (including phenoxy) is 9. The van der Waals surface area contributed by atoms with Gasteiger partial charge in [-0.25, -0.2) is 9.59 Å². The Hall–Kier alpha value is -4.26. The van der Waals surface area contributed by atoms with Gasteiger partial charge in [-0.1, -0.05) is 55.1 Å². The topological polar surface area (TPSA) is 127 Å². The number of carbonyl (C=O) groups excluding carboxylic acids is 2. The van der Waals surface area contributed by atoms with Crippen molar-refractivity contribution >= 4 is 11.9 Å². The van der Waals surface area contributed by atoms with Crippen LogP contribution in [0, 0.1) is 5.92 Å². The maximum atomic E-state index is 11.5. The van der Waals surface area contributed by atoms with E-state index in [4.69, 9.17) is 42.6 Å². The van der Waals surface area contributed by atoms with E-state index in [1.165, 1.54) is 11.6 Å². The SMILES string of the molecule is C=CC(=O)OCC1CCC(c2ccc(OCCCOC3CO3)cc2)CC1.O=C(OCc1ccc(-c2ccc(OCCCOC3CO3)cc2)cc1)C1CO1. The number of carbonyl (C=O) groups is 2. The molecule has 3 aromatic carbocycles. The van der Waals surface area contributed by atoms with Gasteiger partial charge >= 0.3 is 11.9 Å². The molecule has 4 aliphatic rings. The summed E-state index contributed by atoms with van der Waals surface area (Å²) in [6.07, 6.45) is 7.06. The molecular weight excluding hydrogens is 680 g/mol. The van der Waals surface area contributed by atoms with Crippen LogP contribution in [-0.4, -0.2) is 83.5 Å². The van der Waals surface area contributed by atoms with Gasteiger partial charge in [-0.2, -0.15) is 0 Å². The number of hydrogen-bond donors (Lipinski definition) is 0. The Kier molecular flexibility index (Phi) is 14.7. The summed E-state index contributed by atoms with van der Waals surface area (Å²) in [6, 6.07) is 24.4. The maximum Gasteiger partial charge on any atom is 0.338 e. The molecule has 3 aliphatic heterocycles. The Labute approximate surface area is 311 Å². The van der Waals surface area contributed by atoms with Gasteiger partial charge in [-0.05, 0) is 84.0 Å². The summed E-state index contributed by atoms with van der Waals surface area (Å²) in [5, 5.41) is 0. The molecule has 0 aromatic heterocycles. The van der Waals surface area contributed by atoms with Crippen LogP contribution in [0.4, 0.5) is 0 Å². The molecule has 3 aromatic rings. The molecule has 3 saturated heterocycles. The van der Waals surface area contributed by atoms with Crippen LogP contribution in [0.3, 0.4) is 0 Å². The number of rotatable bonds is 20. The molecule has 1 aliphatic carbocycles. The van der Waals surface area contributed by atoms with Gasteiger partial charge in [0.05, 0.1) is 39.6 Å². The molecule has 11 nitrogen and oxygen atoms in total. The van der Waals surface area contributed by atoms with Crippen LogP contribution >= 0.6 is 0 Å². The van der Waals surface area contributed by atoms with E-state index < -0.39 is 0 Å². The van der Waals surface area contributed by atoms with Gasteiger partial charge in [0, 0.05) is 18.9 Å². The molecule has 3 atom stereocenters. The quantitative estimate of drug-likeness (QED) is 0.0529. The Morgan fingerprint density at radius 1 is 0.660 bits per heavy atom. The molecule has 3 heterocycles. The van der Waals surface area contributed by atoms with Crippen LogP contribution in [0.1, 0.15) is 55.6 Å². The van der Waals surface area contributed by atoms with Gasteiger partial charge in [0.25, 0.3) is 0 Å². The molecule has 1 saturated carbocycles. The Morgan fingerprint density at radius 2 is 1.19 bits per heavy atom. The summed E-state index contributed by atoms with van der Waals surface area (Å²) in [4.78, 5) is 22.6. The van der Waals surface area contributed by atoms with Crippen molar-refractivity contribution in [3.8, 4) is 22.6 Å². The number of esters is 2. The van der Waals surface area contributed by atoms with Crippen molar-refractivity contribution in [3.05, 3.63) is 96.6 Å². The molecule has 0 bridgehead atoms. The first kappa shape index (κ1) is 38.5. The second kappa shape index (κ2) is 20.3. The van der Waals surface area contributed by atoms with Crippen molar-refractivity contribution in [2.75, 3.05) is 52.9 Å². The number of epoxide rings is 3. The lowest BCUT2D eigenvalue weighted by Crippen LogP contribution is -2.19. The van der Waals surface area contributed by atoms with E-state index in [1.54, 1.807) is 0 Å². The zero-order valence-electron chi connectivity index (χ0n) is 30.2. The Bertz CT molecular complexity index is 1550. The second-order valence-electron chi connectivity index (χ2n) is 13.4. The second-order valence-corrected chi connectivity index (χ2v) is 13.4. The lowest BCUT2D eigenvalue weighted by atomic mass is 9.79. The van der Waals surface area contributed by atoms with E-state index in [0.29, 0.717) is 58.1 Å². The van der Waals surface area contributed by atoms with E-state index in [2.05, 4.69) is 30.8 Å². The molecule has 4 fully saturated rings. The van der Waals surface area contributed by atoms with E-state index in [9.17, 15) is 9.59 Å². The van der Waals surface area contributed by atoms with Crippen molar-refractivity contribution in [1.82, 2.24) is 0 Å². The molecule has 0 radical (unpaired) electrons. The summed E-state index contributed by atoms with van der Waals surface area (Å²) in [6.45, 7) is 8.71. The smallest absolute Gasteiger partial charge is 0.338 e. The van der Waals surface area contributed by atoms with Crippen LogP contribution in [0.2, 0.25) is 0 Å². The van der Waals surface area contributed by atoms with Crippen LogP contribution in [0.5, 0.6) is 11.5 Å². The summed E-state index contributed by atoms with van der Waals surface area (Å²) in [5.74, 6) is 2.19. The predicted molar refractivity (Wildman–Crippen MR) is 195 cm³/mol. The average Bonchev–Trinajstić information content (AvgIpc) is 4.04. The van der Waals surface area contributed by atoms with Gasteiger partial charge < -0.3 is 42.6 Å². The summed E-state index contributed by atoms with van der Waals surface area (Å²) < 4.78 is 47.5. The third-order valence-corrected chi connectivity index (χ3v) is 9.27. The summed E-state index contributed by atoms with van der Waals surface area (Å²) >= 11 is 0. The Morgan fingerprint density at radius 3 is 1.70 bits per heavy atom. The highest BCUT2D eigenvalue weighted by atomic mass is 16.8. The maximum absolute atomic E-state index is 11.5. The zero-order valence-corrected chi connectivity index (χ0v) is 30.2. The highest BCUT2D eigenvalue weighted by molar-refractivity contribution is 5.81. The highest BCUT2D eigenvalue weighted by Crippen LogP contribution is 2.36. The van der Waals surface area contributed by atoms with Crippen LogP contribution in [-0.2, 0) is 49.4 Å².